The lowest BCUT2D eigenvalue weighted by atomic mass is 10.2. The Kier molecular flexibility index (Phi) is 5.01. The van der Waals surface area contributed by atoms with Crippen molar-refractivity contribution in [1.29, 1.82) is 0 Å². The quantitative estimate of drug-likeness (QED) is 0.798. The van der Waals surface area contributed by atoms with Gasteiger partial charge in [-0.1, -0.05) is 48.0 Å². The molecule has 0 saturated heterocycles. The number of benzene rings is 2. The van der Waals surface area contributed by atoms with Crippen LogP contribution < -0.4 is 0 Å². The summed E-state index contributed by atoms with van der Waals surface area (Å²) in [6, 6.07) is 16.5. The lowest BCUT2D eigenvalue weighted by Crippen LogP contribution is -2.11. The summed E-state index contributed by atoms with van der Waals surface area (Å²) in [4.78, 5) is 0.710. The molecule has 0 saturated carbocycles. The zero-order valence-corrected chi connectivity index (χ0v) is 15.4. The Hall–Kier alpha value is -1.72. The van der Waals surface area contributed by atoms with Crippen LogP contribution in [0.4, 0.5) is 0 Å². The molecule has 3 nitrogen and oxygen atoms in total. The van der Waals surface area contributed by atoms with E-state index in [0.29, 0.717) is 22.0 Å². The van der Waals surface area contributed by atoms with Crippen molar-refractivity contribution in [3.63, 3.8) is 0 Å². The second-order valence-electron chi connectivity index (χ2n) is 5.83. The van der Waals surface area contributed by atoms with Crippen LogP contribution in [0.5, 0.6) is 0 Å². The summed E-state index contributed by atoms with van der Waals surface area (Å²) >= 11 is 1.66. The predicted octanol–water partition coefficient (Wildman–Crippen LogP) is 4.29. The van der Waals surface area contributed by atoms with Crippen molar-refractivity contribution in [2.24, 2.45) is 0 Å². The number of hydrogen-bond acceptors (Lipinski definition) is 4. The van der Waals surface area contributed by atoms with E-state index in [1.165, 1.54) is 0 Å². The van der Waals surface area contributed by atoms with Gasteiger partial charge in [-0.2, -0.15) is 11.8 Å². The first kappa shape index (κ1) is 17.1. The molecule has 24 heavy (non-hydrogen) atoms. The van der Waals surface area contributed by atoms with Crippen LogP contribution in [0, 0.1) is 6.92 Å². The molecule has 1 heterocycles. The fraction of sp³-hybridized carbons (Fsp3) is 0.263. The smallest absolute Gasteiger partial charge is 0.206 e. The number of thioether (sulfide) groups is 1. The lowest BCUT2D eigenvalue weighted by molar-refractivity contribution is 0.215. The van der Waals surface area contributed by atoms with Gasteiger partial charge in [-0.3, -0.25) is 0 Å². The van der Waals surface area contributed by atoms with E-state index in [9.17, 15) is 8.42 Å². The maximum atomic E-state index is 13.1. The van der Waals surface area contributed by atoms with Gasteiger partial charge >= 0.3 is 0 Å². The van der Waals surface area contributed by atoms with Crippen LogP contribution in [0.15, 0.2) is 64.4 Å². The molecule has 2 aromatic carbocycles. The maximum Gasteiger partial charge on any atom is 0.206 e. The zero-order valence-electron chi connectivity index (χ0n) is 13.7. The van der Waals surface area contributed by atoms with E-state index in [-0.39, 0.29) is 6.10 Å². The minimum absolute atomic E-state index is 0.106. The minimum Gasteiger partial charge on any atom is -0.488 e. The average Bonchev–Trinajstić information content (AvgIpc) is 3.01. The lowest BCUT2D eigenvalue weighted by Gasteiger charge is -2.11. The zero-order chi connectivity index (χ0) is 17.2. The Bertz CT molecular complexity index is 838. The van der Waals surface area contributed by atoms with Gasteiger partial charge in [0, 0.05) is 17.7 Å². The Morgan fingerprint density at radius 1 is 1.08 bits per heavy atom. The van der Waals surface area contributed by atoms with Crippen LogP contribution in [0.2, 0.25) is 0 Å². The molecule has 0 fully saturated rings. The Morgan fingerprint density at radius 2 is 1.75 bits per heavy atom. The molecule has 2 aromatic rings. The molecule has 1 unspecified atom stereocenters. The van der Waals surface area contributed by atoms with E-state index in [0.717, 1.165) is 16.9 Å². The highest BCUT2D eigenvalue weighted by atomic mass is 32.2. The molecule has 0 amide bonds. The van der Waals surface area contributed by atoms with Crippen molar-refractivity contribution in [2.45, 2.75) is 24.3 Å². The summed E-state index contributed by atoms with van der Waals surface area (Å²) in [5.41, 5.74) is 1.85. The largest absolute Gasteiger partial charge is 0.488 e. The van der Waals surface area contributed by atoms with Crippen molar-refractivity contribution in [2.75, 3.05) is 12.0 Å². The van der Waals surface area contributed by atoms with Crippen molar-refractivity contribution in [1.82, 2.24) is 0 Å². The molecule has 1 aliphatic heterocycles. The molecule has 1 aliphatic rings. The van der Waals surface area contributed by atoms with E-state index >= 15 is 0 Å². The SMILES string of the molecule is CSCC1CC(S(=O)(=O)c2ccc(C)cc2)=C(c2ccccc2)O1. The van der Waals surface area contributed by atoms with Gasteiger partial charge < -0.3 is 4.74 Å². The van der Waals surface area contributed by atoms with Crippen molar-refractivity contribution in [3.05, 3.63) is 70.6 Å². The monoisotopic (exact) mass is 360 g/mol. The summed E-state index contributed by atoms with van der Waals surface area (Å²) in [7, 11) is -3.56. The molecule has 3 rings (SSSR count). The van der Waals surface area contributed by atoms with Gasteiger partial charge in [-0.05, 0) is 25.3 Å². The Balaban J connectivity index is 2.07. The first-order valence-corrected chi connectivity index (χ1v) is 10.7. The van der Waals surface area contributed by atoms with Crippen LogP contribution in [0.1, 0.15) is 17.5 Å². The topological polar surface area (TPSA) is 43.4 Å². The third-order valence-electron chi connectivity index (χ3n) is 4.00. The molecule has 0 radical (unpaired) electrons. The standard InChI is InChI=1S/C19H20O3S2/c1-14-8-10-17(11-9-14)24(20,21)18-12-16(13-23-2)22-19(18)15-6-4-3-5-7-15/h3-11,16H,12-13H2,1-2H3. The van der Waals surface area contributed by atoms with Crippen LogP contribution >= 0.6 is 11.8 Å². The molecule has 0 N–H and O–H groups in total. The Morgan fingerprint density at radius 3 is 2.38 bits per heavy atom. The van der Waals surface area contributed by atoms with Crippen LogP contribution in [-0.2, 0) is 14.6 Å². The van der Waals surface area contributed by atoms with Gasteiger partial charge in [-0.25, -0.2) is 8.42 Å². The van der Waals surface area contributed by atoms with Gasteiger partial charge in [0.05, 0.1) is 9.80 Å². The summed E-state index contributed by atoms with van der Waals surface area (Å²) in [5, 5.41) is 0. The molecular weight excluding hydrogens is 340 g/mol. The van der Waals surface area contributed by atoms with Crippen molar-refractivity contribution in [3.8, 4) is 0 Å². The summed E-state index contributed by atoms with van der Waals surface area (Å²) in [6.45, 7) is 1.94. The molecule has 5 heteroatoms. The predicted molar refractivity (Wildman–Crippen MR) is 99.6 cm³/mol. The number of aryl methyl sites for hydroxylation is 1. The van der Waals surface area contributed by atoms with Gasteiger partial charge in [0.15, 0.2) is 0 Å². The van der Waals surface area contributed by atoms with E-state index in [1.807, 2.05) is 55.6 Å². The van der Waals surface area contributed by atoms with Crippen LogP contribution in [0.25, 0.3) is 5.76 Å². The molecule has 0 aromatic heterocycles. The summed E-state index contributed by atoms with van der Waals surface area (Å²) in [6.07, 6.45) is 2.31. The van der Waals surface area contributed by atoms with Crippen LogP contribution in [0.3, 0.4) is 0 Å². The van der Waals surface area contributed by atoms with Gasteiger partial charge in [0.25, 0.3) is 0 Å². The van der Waals surface area contributed by atoms with Crippen molar-refractivity contribution >= 4 is 27.4 Å². The maximum absolute atomic E-state index is 13.1. The van der Waals surface area contributed by atoms with Gasteiger partial charge in [0.2, 0.25) is 9.84 Å². The van der Waals surface area contributed by atoms with Gasteiger partial charge in [0.1, 0.15) is 11.9 Å². The fourth-order valence-electron chi connectivity index (χ4n) is 2.76. The van der Waals surface area contributed by atoms with Gasteiger partial charge in [-0.15, -0.1) is 0 Å². The number of ether oxygens (including phenoxy) is 1. The first-order valence-electron chi connectivity index (χ1n) is 7.78. The number of sulfone groups is 1. The van der Waals surface area contributed by atoms with E-state index in [1.54, 1.807) is 23.9 Å². The third kappa shape index (κ3) is 3.37. The molecule has 0 spiro atoms. The minimum atomic E-state index is -3.56. The molecule has 126 valence electrons. The molecule has 0 bridgehead atoms. The van der Waals surface area contributed by atoms with E-state index in [4.69, 9.17) is 4.74 Å². The van der Waals surface area contributed by atoms with Crippen LogP contribution in [-0.4, -0.2) is 26.5 Å². The number of rotatable bonds is 5. The summed E-state index contributed by atoms with van der Waals surface area (Å²) < 4.78 is 32.3. The second kappa shape index (κ2) is 7.03. The molecular formula is C19H20O3S2. The normalized spacial score (nSPS) is 17.8. The first-order chi connectivity index (χ1) is 11.5. The summed E-state index contributed by atoms with van der Waals surface area (Å²) in [5.74, 6) is 1.26. The Labute approximate surface area is 147 Å². The molecule has 1 atom stereocenters. The highest BCUT2D eigenvalue weighted by Gasteiger charge is 2.35. The average molecular weight is 361 g/mol. The van der Waals surface area contributed by atoms with Crippen molar-refractivity contribution < 1.29 is 13.2 Å². The van der Waals surface area contributed by atoms with E-state index in [2.05, 4.69) is 0 Å². The third-order valence-corrected chi connectivity index (χ3v) is 6.59. The highest BCUT2D eigenvalue weighted by molar-refractivity contribution is 7.98. The fourth-order valence-corrected chi connectivity index (χ4v) is 4.91. The van der Waals surface area contributed by atoms with E-state index < -0.39 is 9.84 Å². The highest BCUT2D eigenvalue weighted by Crippen LogP contribution is 2.39. The molecule has 0 aliphatic carbocycles. The second-order valence-corrected chi connectivity index (χ2v) is 8.72. The number of hydrogen-bond donors (Lipinski definition) is 0.